The zero-order valence-corrected chi connectivity index (χ0v) is 11.5. The third kappa shape index (κ3) is 2.80. The van der Waals surface area contributed by atoms with Crippen molar-refractivity contribution in [3.8, 4) is 11.5 Å². The minimum absolute atomic E-state index is 0.167. The second-order valence-corrected chi connectivity index (χ2v) is 4.65. The number of ether oxygens (including phenoxy) is 1. The molecule has 3 rings (SSSR count). The van der Waals surface area contributed by atoms with E-state index in [-0.39, 0.29) is 18.0 Å². The summed E-state index contributed by atoms with van der Waals surface area (Å²) in [5, 5.41) is 13.8. The molecule has 1 aliphatic rings. The molecule has 1 heterocycles. The van der Waals surface area contributed by atoms with E-state index in [0.29, 0.717) is 17.2 Å². The molecular weight excluding hydrogens is 284 g/mol. The number of carbonyl (C=O) groups excluding carboxylic acids is 1. The van der Waals surface area contributed by atoms with Gasteiger partial charge in [-0.15, -0.1) is 0 Å². The van der Waals surface area contributed by atoms with Gasteiger partial charge >= 0.3 is 5.97 Å². The number of hydrazone groups is 1. The summed E-state index contributed by atoms with van der Waals surface area (Å²) in [6, 6.07) is 16.0. The highest BCUT2D eigenvalue weighted by Gasteiger charge is 2.29. The monoisotopic (exact) mass is 296 g/mol. The number of carboxylic acids is 1. The Morgan fingerprint density at radius 3 is 2.50 bits per heavy atom. The second-order valence-electron chi connectivity index (χ2n) is 4.65. The number of hydrogen-bond acceptors (Lipinski definition) is 4. The van der Waals surface area contributed by atoms with Crippen LogP contribution in [-0.4, -0.2) is 22.7 Å². The number of anilines is 1. The van der Waals surface area contributed by atoms with Crippen molar-refractivity contribution in [2.45, 2.75) is 6.42 Å². The molecule has 0 unspecified atom stereocenters. The molecule has 6 nitrogen and oxygen atoms in total. The fourth-order valence-electron chi connectivity index (χ4n) is 2.05. The van der Waals surface area contributed by atoms with Crippen LogP contribution >= 0.6 is 0 Å². The Hall–Kier alpha value is -3.15. The summed E-state index contributed by atoms with van der Waals surface area (Å²) in [6.07, 6.45) is -0.209. The second kappa shape index (κ2) is 5.69. The Balaban J connectivity index is 1.85. The Morgan fingerprint density at radius 2 is 1.82 bits per heavy atom. The van der Waals surface area contributed by atoms with Crippen molar-refractivity contribution in [3.63, 3.8) is 0 Å². The number of rotatable bonds is 4. The molecule has 0 spiro atoms. The van der Waals surface area contributed by atoms with Crippen molar-refractivity contribution in [2.75, 3.05) is 5.01 Å². The van der Waals surface area contributed by atoms with Crippen LogP contribution in [0.3, 0.4) is 0 Å². The maximum Gasteiger partial charge on any atom is 0.352 e. The first-order valence-electron chi connectivity index (χ1n) is 6.60. The molecule has 110 valence electrons. The van der Waals surface area contributed by atoms with Gasteiger partial charge < -0.3 is 9.84 Å². The zero-order valence-electron chi connectivity index (χ0n) is 11.5. The molecule has 22 heavy (non-hydrogen) atoms. The topological polar surface area (TPSA) is 79.2 Å². The third-order valence-corrected chi connectivity index (χ3v) is 3.06. The first-order valence-corrected chi connectivity index (χ1v) is 6.60. The number of para-hydroxylation sites is 1. The predicted molar refractivity (Wildman–Crippen MR) is 80.1 cm³/mol. The molecule has 0 radical (unpaired) electrons. The SMILES string of the molecule is O=C(O)C1=NN(c2cccc(Oc3ccccc3)c2)C(=O)C1. The van der Waals surface area contributed by atoms with Gasteiger partial charge in [0, 0.05) is 6.07 Å². The minimum atomic E-state index is -1.19. The molecule has 6 heteroatoms. The van der Waals surface area contributed by atoms with E-state index < -0.39 is 5.97 Å². The number of nitrogens with zero attached hydrogens (tertiary/aromatic N) is 2. The van der Waals surface area contributed by atoms with Crippen LogP contribution in [0.2, 0.25) is 0 Å². The Labute approximate surface area is 126 Å². The van der Waals surface area contributed by atoms with Gasteiger partial charge in [-0.05, 0) is 24.3 Å². The number of carbonyl (C=O) groups is 2. The lowest BCUT2D eigenvalue weighted by molar-refractivity contribution is -0.129. The standard InChI is InChI=1S/C16H12N2O4/c19-15-10-14(16(20)21)17-18(15)11-5-4-8-13(9-11)22-12-6-2-1-3-7-12/h1-9H,10H2,(H,20,21). The van der Waals surface area contributed by atoms with Gasteiger partial charge in [-0.1, -0.05) is 24.3 Å². The van der Waals surface area contributed by atoms with E-state index in [4.69, 9.17) is 9.84 Å². The van der Waals surface area contributed by atoms with Crippen molar-refractivity contribution in [1.29, 1.82) is 0 Å². The Kier molecular flexibility index (Phi) is 3.57. The van der Waals surface area contributed by atoms with Gasteiger partial charge in [0.2, 0.25) is 0 Å². The van der Waals surface area contributed by atoms with Crippen molar-refractivity contribution >= 4 is 23.3 Å². The third-order valence-electron chi connectivity index (χ3n) is 3.06. The van der Waals surface area contributed by atoms with Crippen LogP contribution in [0.25, 0.3) is 0 Å². The molecule has 1 aliphatic heterocycles. The van der Waals surface area contributed by atoms with E-state index in [1.807, 2.05) is 30.3 Å². The van der Waals surface area contributed by atoms with Crippen LogP contribution in [0.4, 0.5) is 5.69 Å². The molecule has 0 bridgehead atoms. The molecule has 0 atom stereocenters. The summed E-state index contributed by atoms with van der Waals surface area (Å²) < 4.78 is 5.69. The van der Waals surface area contributed by atoms with Gasteiger partial charge in [-0.3, -0.25) is 4.79 Å². The summed E-state index contributed by atoms with van der Waals surface area (Å²) >= 11 is 0. The fourth-order valence-corrected chi connectivity index (χ4v) is 2.05. The van der Waals surface area contributed by atoms with Gasteiger partial charge in [0.25, 0.3) is 5.91 Å². The number of hydrogen-bond donors (Lipinski definition) is 1. The molecule has 1 N–H and O–H groups in total. The Morgan fingerprint density at radius 1 is 1.09 bits per heavy atom. The average Bonchev–Trinajstić information content (AvgIpc) is 2.91. The van der Waals surface area contributed by atoms with Crippen LogP contribution in [0.1, 0.15) is 6.42 Å². The van der Waals surface area contributed by atoms with Crippen molar-refractivity contribution in [3.05, 3.63) is 54.6 Å². The summed E-state index contributed by atoms with van der Waals surface area (Å²) in [7, 11) is 0. The number of aliphatic carboxylic acids is 1. The first kappa shape index (κ1) is 13.8. The first-order chi connectivity index (χ1) is 10.6. The van der Waals surface area contributed by atoms with Gasteiger partial charge in [-0.2, -0.15) is 10.1 Å². The van der Waals surface area contributed by atoms with Crippen LogP contribution in [-0.2, 0) is 9.59 Å². The molecule has 2 aromatic carbocycles. The summed E-state index contributed by atoms with van der Waals surface area (Å²) in [4.78, 5) is 22.8. The largest absolute Gasteiger partial charge is 0.477 e. The molecular formula is C16H12N2O4. The lowest BCUT2D eigenvalue weighted by Gasteiger charge is -2.13. The molecule has 0 aromatic heterocycles. The van der Waals surface area contributed by atoms with E-state index >= 15 is 0 Å². The molecule has 0 aliphatic carbocycles. The summed E-state index contributed by atoms with van der Waals surface area (Å²) in [6.45, 7) is 0. The number of amides is 1. The lowest BCUT2D eigenvalue weighted by atomic mass is 10.2. The molecule has 1 amide bonds. The lowest BCUT2D eigenvalue weighted by Crippen LogP contribution is -2.19. The van der Waals surface area contributed by atoms with Gasteiger partial charge in [0.15, 0.2) is 5.71 Å². The van der Waals surface area contributed by atoms with E-state index in [9.17, 15) is 9.59 Å². The van der Waals surface area contributed by atoms with Gasteiger partial charge in [0.05, 0.1) is 12.1 Å². The van der Waals surface area contributed by atoms with Crippen LogP contribution in [0, 0.1) is 0 Å². The van der Waals surface area contributed by atoms with Crippen molar-refractivity contribution in [2.24, 2.45) is 5.10 Å². The maximum atomic E-state index is 11.9. The number of benzene rings is 2. The predicted octanol–water partition coefficient (Wildman–Crippen LogP) is 2.66. The van der Waals surface area contributed by atoms with Crippen LogP contribution in [0.15, 0.2) is 59.7 Å². The summed E-state index contributed by atoms with van der Waals surface area (Å²) in [5.41, 5.74) is 0.300. The highest BCUT2D eigenvalue weighted by atomic mass is 16.5. The van der Waals surface area contributed by atoms with Crippen LogP contribution in [0.5, 0.6) is 11.5 Å². The molecule has 0 saturated carbocycles. The van der Waals surface area contributed by atoms with E-state index in [1.165, 1.54) is 0 Å². The van der Waals surface area contributed by atoms with Crippen LogP contribution < -0.4 is 9.75 Å². The highest BCUT2D eigenvalue weighted by Crippen LogP contribution is 2.28. The summed E-state index contributed by atoms with van der Waals surface area (Å²) in [5.74, 6) is -0.362. The van der Waals surface area contributed by atoms with E-state index in [0.717, 1.165) is 5.01 Å². The average molecular weight is 296 g/mol. The Bertz CT molecular complexity index is 756. The van der Waals surface area contributed by atoms with Crippen molar-refractivity contribution < 1.29 is 19.4 Å². The minimum Gasteiger partial charge on any atom is -0.477 e. The molecule has 0 saturated heterocycles. The molecule has 0 fully saturated rings. The quantitative estimate of drug-likeness (QED) is 0.940. The smallest absolute Gasteiger partial charge is 0.352 e. The van der Waals surface area contributed by atoms with Gasteiger partial charge in [0.1, 0.15) is 11.5 Å². The van der Waals surface area contributed by atoms with E-state index in [2.05, 4.69) is 5.10 Å². The normalized spacial score (nSPS) is 13.9. The van der Waals surface area contributed by atoms with Gasteiger partial charge in [-0.25, -0.2) is 4.79 Å². The number of carboxylic acid groups (broad SMARTS) is 1. The zero-order chi connectivity index (χ0) is 15.5. The maximum absolute atomic E-state index is 11.9. The fraction of sp³-hybridized carbons (Fsp3) is 0.0625. The van der Waals surface area contributed by atoms with Crippen molar-refractivity contribution in [1.82, 2.24) is 0 Å². The van der Waals surface area contributed by atoms with E-state index in [1.54, 1.807) is 24.3 Å². The highest BCUT2D eigenvalue weighted by molar-refractivity contribution is 6.42. The molecule has 2 aromatic rings.